The maximum absolute atomic E-state index is 14.1. The summed E-state index contributed by atoms with van der Waals surface area (Å²) in [5, 5.41) is 0. The van der Waals surface area contributed by atoms with Gasteiger partial charge in [0.1, 0.15) is 19.3 Å². The van der Waals surface area contributed by atoms with Crippen molar-refractivity contribution >= 4 is 11.6 Å². The lowest BCUT2D eigenvalue weighted by Crippen LogP contribution is -2.64. The molecule has 0 bridgehead atoms. The Morgan fingerprint density at radius 2 is 1.70 bits per heavy atom. The average Bonchev–Trinajstić information content (AvgIpc) is 2.59. The zero-order valence-corrected chi connectivity index (χ0v) is 12.0. The van der Waals surface area contributed by atoms with E-state index in [1.165, 1.54) is 0 Å². The largest absolute Gasteiger partial charge is 0.486 e. The van der Waals surface area contributed by atoms with Gasteiger partial charge in [-0.25, -0.2) is 0 Å². The number of hydrogen-bond acceptors (Lipinski definition) is 3. The highest BCUT2D eigenvalue weighted by Crippen LogP contribution is 2.50. The smallest absolute Gasteiger partial charge is 0.349 e. The molecule has 1 atom stereocenters. The number of nitrogens with zero attached hydrogens (tertiary/aromatic N) is 1. The summed E-state index contributed by atoms with van der Waals surface area (Å²) in [4.78, 5) is 13.0. The van der Waals surface area contributed by atoms with Crippen LogP contribution in [0.5, 0.6) is 11.5 Å². The van der Waals surface area contributed by atoms with Gasteiger partial charge in [-0.2, -0.15) is 8.78 Å². The van der Waals surface area contributed by atoms with E-state index in [0.717, 1.165) is 4.90 Å². The Bertz CT molecular complexity index is 764. The second-order valence-corrected chi connectivity index (χ2v) is 5.44. The molecule has 0 radical (unpaired) electrons. The molecule has 0 N–H and O–H groups in total. The first kappa shape index (κ1) is 14.0. The monoisotopic (exact) mass is 317 g/mol. The minimum Gasteiger partial charge on any atom is -0.486 e. The highest BCUT2D eigenvalue weighted by molar-refractivity contribution is 6.07. The topological polar surface area (TPSA) is 38.8 Å². The third-order valence-corrected chi connectivity index (χ3v) is 4.02. The Morgan fingerprint density at radius 3 is 2.43 bits per heavy atom. The van der Waals surface area contributed by atoms with Crippen LogP contribution in [-0.4, -0.2) is 25.0 Å². The van der Waals surface area contributed by atoms with Crippen LogP contribution in [0.3, 0.4) is 0 Å². The lowest BCUT2D eigenvalue weighted by atomic mass is 9.89. The molecule has 2 aromatic rings. The minimum absolute atomic E-state index is 0.374. The molecule has 118 valence electrons. The lowest BCUT2D eigenvalue weighted by molar-refractivity contribution is -0.162. The third-order valence-electron chi connectivity index (χ3n) is 4.02. The Morgan fingerprint density at radius 1 is 1.00 bits per heavy atom. The summed E-state index contributed by atoms with van der Waals surface area (Å²) < 4.78 is 39.1. The molecule has 0 saturated carbocycles. The van der Waals surface area contributed by atoms with E-state index >= 15 is 0 Å². The van der Waals surface area contributed by atoms with Crippen molar-refractivity contribution < 1.29 is 23.0 Å². The third kappa shape index (κ3) is 2.05. The van der Waals surface area contributed by atoms with Crippen molar-refractivity contribution in [3.05, 3.63) is 54.1 Å². The quantitative estimate of drug-likeness (QED) is 0.799. The van der Waals surface area contributed by atoms with Gasteiger partial charge in [0.15, 0.2) is 11.5 Å². The van der Waals surface area contributed by atoms with E-state index in [4.69, 9.17) is 9.47 Å². The highest BCUT2D eigenvalue weighted by atomic mass is 19.3. The summed E-state index contributed by atoms with van der Waals surface area (Å²) >= 11 is 0. The Labute approximate surface area is 131 Å². The van der Waals surface area contributed by atoms with E-state index < -0.39 is 17.9 Å². The maximum atomic E-state index is 14.1. The van der Waals surface area contributed by atoms with Gasteiger partial charge in [-0.1, -0.05) is 30.3 Å². The van der Waals surface area contributed by atoms with Gasteiger partial charge >= 0.3 is 11.8 Å². The summed E-state index contributed by atoms with van der Waals surface area (Å²) in [6, 6.07) is 11.8. The Balaban J connectivity index is 1.74. The second kappa shape index (κ2) is 4.94. The second-order valence-electron chi connectivity index (χ2n) is 5.44. The van der Waals surface area contributed by atoms with Crippen LogP contribution in [0.25, 0.3) is 0 Å². The van der Waals surface area contributed by atoms with E-state index in [2.05, 4.69) is 0 Å². The normalized spacial score (nSPS) is 21.7. The van der Waals surface area contributed by atoms with E-state index in [9.17, 15) is 13.6 Å². The number of anilines is 1. The Hall–Kier alpha value is -2.63. The highest BCUT2D eigenvalue weighted by Gasteiger charge is 2.64. The van der Waals surface area contributed by atoms with E-state index in [1.54, 1.807) is 48.5 Å². The fraction of sp³-hybridized carbons (Fsp3) is 0.235. The molecule has 1 amide bonds. The predicted molar refractivity (Wildman–Crippen MR) is 79.0 cm³/mol. The van der Waals surface area contributed by atoms with Crippen LogP contribution in [-0.2, 0) is 4.79 Å². The number of halogens is 2. The zero-order valence-electron chi connectivity index (χ0n) is 12.0. The first-order chi connectivity index (χ1) is 11.1. The van der Waals surface area contributed by atoms with Crippen LogP contribution in [0, 0.1) is 0 Å². The van der Waals surface area contributed by atoms with Crippen molar-refractivity contribution in [2.45, 2.75) is 12.0 Å². The molecule has 0 unspecified atom stereocenters. The van der Waals surface area contributed by atoms with Crippen molar-refractivity contribution in [1.29, 1.82) is 0 Å². The van der Waals surface area contributed by atoms with Crippen molar-refractivity contribution in [3.63, 3.8) is 0 Å². The molecule has 1 fully saturated rings. The summed E-state index contributed by atoms with van der Waals surface area (Å²) in [6.45, 7) is 0.836. The first-order valence-electron chi connectivity index (χ1n) is 7.25. The fourth-order valence-corrected chi connectivity index (χ4v) is 2.93. The number of benzene rings is 2. The molecule has 2 aliphatic rings. The van der Waals surface area contributed by atoms with Crippen molar-refractivity contribution in [2.24, 2.45) is 0 Å². The molecule has 2 aliphatic heterocycles. The summed E-state index contributed by atoms with van der Waals surface area (Å²) in [5.74, 6) is -3.60. The number of ether oxygens (including phenoxy) is 2. The number of hydrogen-bond donors (Lipinski definition) is 0. The van der Waals surface area contributed by atoms with E-state index in [1.807, 2.05) is 0 Å². The van der Waals surface area contributed by atoms with Gasteiger partial charge < -0.3 is 9.47 Å². The summed E-state index contributed by atoms with van der Waals surface area (Å²) in [7, 11) is 0. The van der Waals surface area contributed by atoms with Crippen LogP contribution in [0.4, 0.5) is 14.5 Å². The number of rotatable bonds is 2. The van der Waals surface area contributed by atoms with Crippen LogP contribution in [0.2, 0.25) is 0 Å². The molecular formula is C17H13F2NO3. The van der Waals surface area contributed by atoms with Crippen molar-refractivity contribution in [3.8, 4) is 11.5 Å². The van der Waals surface area contributed by atoms with Crippen LogP contribution >= 0.6 is 0 Å². The molecule has 0 aromatic heterocycles. The van der Waals surface area contributed by atoms with Gasteiger partial charge in [-0.05, 0) is 17.7 Å². The average molecular weight is 317 g/mol. The SMILES string of the molecule is O=C1N(c2ccc3c(c2)OCCO3)[C@H](c2ccccc2)C1(F)F. The molecule has 0 spiro atoms. The van der Waals surface area contributed by atoms with E-state index in [-0.39, 0.29) is 0 Å². The molecule has 4 nitrogen and oxygen atoms in total. The first-order valence-corrected chi connectivity index (χ1v) is 7.25. The van der Waals surface area contributed by atoms with Crippen molar-refractivity contribution in [1.82, 2.24) is 0 Å². The number of alkyl halides is 2. The van der Waals surface area contributed by atoms with Crippen LogP contribution in [0.1, 0.15) is 11.6 Å². The van der Waals surface area contributed by atoms with Crippen LogP contribution in [0.15, 0.2) is 48.5 Å². The van der Waals surface area contributed by atoms with Crippen molar-refractivity contribution in [2.75, 3.05) is 18.1 Å². The van der Waals surface area contributed by atoms with Gasteiger partial charge in [0.05, 0.1) is 0 Å². The molecule has 23 heavy (non-hydrogen) atoms. The Kier molecular flexibility index (Phi) is 3.01. The number of carbonyl (C=O) groups excluding carboxylic acids is 1. The van der Waals surface area contributed by atoms with Gasteiger partial charge in [-0.15, -0.1) is 0 Å². The molecule has 0 aliphatic carbocycles. The van der Waals surface area contributed by atoms with Crippen LogP contribution < -0.4 is 14.4 Å². The minimum atomic E-state index is -3.41. The standard InChI is InChI=1S/C17H13F2NO3/c18-17(19)15(11-4-2-1-3-5-11)20(16(17)21)12-6-7-13-14(10-12)23-9-8-22-13/h1-7,10,15H,8-9H2/t15-/m1/s1. The lowest BCUT2D eigenvalue weighted by Gasteiger charge is -2.46. The molecule has 6 heteroatoms. The molecule has 1 saturated heterocycles. The summed E-state index contributed by atoms with van der Waals surface area (Å²) in [6.07, 6.45) is 0. The fourth-order valence-electron chi connectivity index (χ4n) is 2.93. The van der Waals surface area contributed by atoms with Gasteiger partial charge in [0.2, 0.25) is 0 Å². The predicted octanol–water partition coefficient (Wildman–Crippen LogP) is 3.18. The van der Waals surface area contributed by atoms with Gasteiger partial charge in [0, 0.05) is 11.8 Å². The number of β-lactam (4-membered cyclic amide) rings is 1. The number of amides is 1. The molecule has 2 aromatic carbocycles. The molecule has 2 heterocycles. The summed E-state index contributed by atoms with van der Waals surface area (Å²) in [5.41, 5.74) is 0.769. The molecular weight excluding hydrogens is 304 g/mol. The van der Waals surface area contributed by atoms with Gasteiger partial charge in [-0.3, -0.25) is 9.69 Å². The van der Waals surface area contributed by atoms with E-state index in [0.29, 0.717) is 36.0 Å². The van der Waals surface area contributed by atoms with Gasteiger partial charge in [0.25, 0.3) is 0 Å². The number of carbonyl (C=O) groups is 1. The number of fused-ring (bicyclic) bond motifs is 1. The zero-order chi connectivity index (χ0) is 16.0. The maximum Gasteiger partial charge on any atom is 0.349 e. The molecule has 4 rings (SSSR count).